The fourth-order valence-corrected chi connectivity index (χ4v) is 4.21. The van der Waals surface area contributed by atoms with Crippen LogP contribution in [0.4, 0.5) is 0 Å². The van der Waals surface area contributed by atoms with Crippen LogP contribution in [0.1, 0.15) is 40.9 Å². The molecule has 3 heterocycles. The number of aromatic nitrogens is 3. The lowest BCUT2D eigenvalue weighted by Gasteiger charge is -2.16. The monoisotopic (exact) mass is 382 g/mol. The molecule has 7 nitrogen and oxygen atoms in total. The largest absolute Gasteiger partial charge is 0.464 e. The zero-order valence-electron chi connectivity index (χ0n) is 16.8. The highest BCUT2D eigenvalue weighted by Crippen LogP contribution is 2.30. The van der Waals surface area contributed by atoms with E-state index in [9.17, 15) is 9.59 Å². The molecule has 7 heteroatoms. The standard InChI is InChI=1S/C21H26N4O3/c1-12-9-13(2)19-15(11-28-20(19)14(12)3)10-18(26)22-16-5-6-17-23-24(4)21(27)25(17)8-7-16/h9,11,16H,5-8,10H2,1-4H3,(H,22,26). The number of nitrogens with one attached hydrogen (secondary N) is 1. The molecule has 0 radical (unpaired) electrons. The van der Waals surface area contributed by atoms with E-state index in [0.717, 1.165) is 46.3 Å². The number of rotatable bonds is 3. The fourth-order valence-electron chi connectivity index (χ4n) is 4.21. The van der Waals surface area contributed by atoms with E-state index in [1.165, 1.54) is 10.2 Å². The van der Waals surface area contributed by atoms with E-state index in [0.29, 0.717) is 19.4 Å². The molecule has 148 valence electrons. The number of hydrogen-bond acceptors (Lipinski definition) is 4. The van der Waals surface area contributed by atoms with E-state index >= 15 is 0 Å². The third-order valence-corrected chi connectivity index (χ3v) is 5.85. The van der Waals surface area contributed by atoms with Gasteiger partial charge in [0.2, 0.25) is 5.91 Å². The molecule has 0 bridgehead atoms. The molecule has 0 aliphatic carbocycles. The minimum Gasteiger partial charge on any atom is -0.464 e. The van der Waals surface area contributed by atoms with Gasteiger partial charge in [-0.25, -0.2) is 9.48 Å². The number of carbonyl (C=O) groups is 1. The second kappa shape index (κ2) is 6.96. The van der Waals surface area contributed by atoms with Crippen LogP contribution in [0.25, 0.3) is 11.0 Å². The summed E-state index contributed by atoms with van der Waals surface area (Å²) in [6.45, 7) is 6.75. The summed E-state index contributed by atoms with van der Waals surface area (Å²) in [7, 11) is 1.67. The van der Waals surface area contributed by atoms with Crippen LogP contribution < -0.4 is 11.0 Å². The molecule has 1 aliphatic rings. The molecule has 1 unspecified atom stereocenters. The van der Waals surface area contributed by atoms with Gasteiger partial charge in [0, 0.05) is 37.0 Å². The first-order valence-corrected chi connectivity index (χ1v) is 9.74. The van der Waals surface area contributed by atoms with Crippen molar-refractivity contribution in [3.05, 3.63) is 50.9 Å². The predicted molar refractivity (Wildman–Crippen MR) is 106 cm³/mol. The van der Waals surface area contributed by atoms with E-state index in [1.54, 1.807) is 17.9 Å². The van der Waals surface area contributed by atoms with Gasteiger partial charge in [-0.3, -0.25) is 9.36 Å². The number of hydrogen-bond donors (Lipinski definition) is 1. The third-order valence-electron chi connectivity index (χ3n) is 5.85. The Balaban J connectivity index is 1.46. The lowest BCUT2D eigenvalue weighted by Crippen LogP contribution is -2.36. The van der Waals surface area contributed by atoms with Gasteiger partial charge in [0.15, 0.2) is 0 Å². The summed E-state index contributed by atoms with van der Waals surface area (Å²) in [5, 5.41) is 8.47. The minimum atomic E-state index is -0.0898. The lowest BCUT2D eigenvalue weighted by molar-refractivity contribution is -0.121. The molecule has 2 aromatic heterocycles. The van der Waals surface area contributed by atoms with Crippen molar-refractivity contribution in [2.75, 3.05) is 0 Å². The van der Waals surface area contributed by atoms with Crippen molar-refractivity contribution in [2.45, 2.75) is 59.0 Å². The van der Waals surface area contributed by atoms with Gasteiger partial charge in [-0.1, -0.05) is 6.07 Å². The Morgan fingerprint density at radius 1 is 1.29 bits per heavy atom. The Hall–Kier alpha value is -2.83. The summed E-state index contributed by atoms with van der Waals surface area (Å²) in [6.07, 6.45) is 4.20. The van der Waals surface area contributed by atoms with Crippen LogP contribution in [0.5, 0.6) is 0 Å². The van der Waals surface area contributed by atoms with Crippen LogP contribution in [0.15, 0.2) is 21.5 Å². The highest BCUT2D eigenvalue weighted by Gasteiger charge is 2.22. The summed E-state index contributed by atoms with van der Waals surface area (Å²) in [6, 6.07) is 2.18. The number of nitrogens with zero attached hydrogens (tertiary/aromatic N) is 3. The lowest BCUT2D eigenvalue weighted by atomic mass is 9.98. The second-order valence-electron chi connectivity index (χ2n) is 7.84. The first kappa shape index (κ1) is 18.5. The average molecular weight is 382 g/mol. The first-order valence-electron chi connectivity index (χ1n) is 9.74. The summed E-state index contributed by atoms with van der Waals surface area (Å²) in [4.78, 5) is 24.8. The van der Waals surface area contributed by atoms with Gasteiger partial charge in [0.25, 0.3) is 0 Å². The normalized spacial score (nSPS) is 16.8. The van der Waals surface area contributed by atoms with Crippen LogP contribution >= 0.6 is 0 Å². The Labute approximate surface area is 163 Å². The summed E-state index contributed by atoms with van der Waals surface area (Å²) < 4.78 is 8.87. The summed E-state index contributed by atoms with van der Waals surface area (Å²) in [5.41, 5.74) is 5.14. The quantitative estimate of drug-likeness (QED) is 0.754. The van der Waals surface area contributed by atoms with Crippen molar-refractivity contribution in [3.63, 3.8) is 0 Å². The fraction of sp³-hybridized carbons (Fsp3) is 0.476. The van der Waals surface area contributed by atoms with Gasteiger partial charge in [-0.05, 0) is 50.3 Å². The number of amides is 1. The van der Waals surface area contributed by atoms with Crippen molar-refractivity contribution in [1.82, 2.24) is 19.7 Å². The maximum Gasteiger partial charge on any atom is 0.345 e. The number of carbonyl (C=O) groups excluding carboxylic acids is 1. The third kappa shape index (κ3) is 3.15. The predicted octanol–water partition coefficient (Wildman–Crippen LogP) is 2.32. The topological polar surface area (TPSA) is 82.1 Å². The van der Waals surface area contributed by atoms with Gasteiger partial charge in [-0.15, -0.1) is 0 Å². The van der Waals surface area contributed by atoms with Crippen molar-refractivity contribution < 1.29 is 9.21 Å². The zero-order valence-corrected chi connectivity index (χ0v) is 16.8. The van der Waals surface area contributed by atoms with Crippen molar-refractivity contribution >= 4 is 16.9 Å². The second-order valence-corrected chi connectivity index (χ2v) is 7.84. The molecule has 1 amide bonds. The molecule has 1 atom stereocenters. The molecule has 0 saturated carbocycles. The molecule has 3 aromatic rings. The highest BCUT2D eigenvalue weighted by molar-refractivity contribution is 5.91. The molecular formula is C21H26N4O3. The molecule has 1 N–H and O–H groups in total. The van der Waals surface area contributed by atoms with Gasteiger partial charge in [-0.2, -0.15) is 5.10 Å². The Morgan fingerprint density at radius 2 is 2.07 bits per heavy atom. The Morgan fingerprint density at radius 3 is 2.86 bits per heavy atom. The van der Waals surface area contributed by atoms with Crippen LogP contribution in [0.2, 0.25) is 0 Å². The summed E-state index contributed by atoms with van der Waals surface area (Å²) in [5.74, 6) is 0.782. The van der Waals surface area contributed by atoms with E-state index in [4.69, 9.17) is 4.42 Å². The van der Waals surface area contributed by atoms with Crippen LogP contribution in [0, 0.1) is 20.8 Å². The van der Waals surface area contributed by atoms with Gasteiger partial charge >= 0.3 is 5.69 Å². The molecule has 28 heavy (non-hydrogen) atoms. The van der Waals surface area contributed by atoms with Crippen LogP contribution in [-0.2, 0) is 31.2 Å². The first-order chi connectivity index (χ1) is 13.3. The molecule has 1 aromatic carbocycles. The highest BCUT2D eigenvalue weighted by atomic mass is 16.3. The van der Waals surface area contributed by atoms with Crippen molar-refractivity contribution in [3.8, 4) is 0 Å². The zero-order chi connectivity index (χ0) is 20.0. The van der Waals surface area contributed by atoms with Crippen molar-refractivity contribution in [1.29, 1.82) is 0 Å². The van der Waals surface area contributed by atoms with Gasteiger partial charge in [0.05, 0.1) is 12.7 Å². The summed E-state index contributed by atoms with van der Waals surface area (Å²) >= 11 is 0. The maximum absolute atomic E-state index is 12.7. The molecule has 4 rings (SSSR count). The average Bonchev–Trinajstić information content (AvgIpc) is 3.10. The number of furan rings is 1. The van der Waals surface area contributed by atoms with Gasteiger partial charge < -0.3 is 9.73 Å². The Kier molecular flexibility index (Phi) is 4.61. The van der Waals surface area contributed by atoms with E-state index in [2.05, 4.69) is 30.3 Å². The van der Waals surface area contributed by atoms with Crippen molar-refractivity contribution in [2.24, 2.45) is 7.05 Å². The Bertz CT molecular complexity index is 1120. The number of benzene rings is 1. The molecule has 0 saturated heterocycles. The smallest absolute Gasteiger partial charge is 0.345 e. The molecule has 1 aliphatic heterocycles. The van der Waals surface area contributed by atoms with Crippen LogP contribution in [0.3, 0.4) is 0 Å². The van der Waals surface area contributed by atoms with E-state index in [1.807, 2.05) is 6.92 Å². The minimum absolute atomic E-state index is 0.0160. The number of aryl methyl sites for hydroxylation is 5. The van der Waals surface area contributed by atoms with Gasteiger partial charge in [0.1, 0.15) is 11.4 Å². The molecule has 0 spiro atoms. The molecule has 0 fully saturated rings. The maximum atomic E-state index is 12.7. The molecular weight excluding hydrogens is 356 g/mol. The van der Waals surface area contributed by atoms with E-state index in [-0.39, 0.29) is 17.6 Å². The SMILES string of the molecule is Cc1cc(C)c2c(CC(=O)NC3CCc4nn(C)c(=O)n4CC3)coc2c1C. The van der Waals surface area contributed by atoms with E-state index < -0.39 is 0 Å². The van der Waals surface area contributed by atoms with Crippen LogP contribution in [-0.4, -0.2) is 26.3 Å². The number of fused-ring (bicyclic) bond motifs is 2.